The molecule has 5 heterocycles. The number of piperidine rings is 3. The smallest absolute Gasteiger partial charge is 0.270 e. The number of para-hydroxylation sites is 1. The Labute approximate surface area is 176 Å². The average Bonchev–Trinajstić information content (AvgIpc) is 2.83. The first kappa shape index (κ1) is 18.9. The molecule has 5 heteroatoms. The van der Waals surface area contributed by atoms with Crippen molar-refractivity contribution >= 4 is 16.8 Å². The number of nitrogens with one attached hydrogen (secondary N) is 1. The molecule has 30 heavy (non-hydrogen) atoms. The number of pyridine rings is 2. The summed E-state index contributed by atoms with van der Waals surface area (Å²) in [5.41, 5.74) is 2.52. The van der Waals surface area contributed by atoms with Gasteiger partial charge in [-0.15, -0.1) is 6.58 Å². The molecule has 1 aromatic carbocycles. The van der Waals surface area contributed by atoms with Gasteiger partial charge in [-0.2, -0.15) is 0 Å². The summed E-state index contributed by atoms with van der Waals surface area (Å²) in [5, 5.41) is 4.42. The number of fused-ring (bicyclic) bond motifs is 4. The van der Waals surface area contributed by atoms with Gasteiger partial charge in [0.25, 0.3) is 5.91 Å². The van der Waals surface area contributed by atoms with Crippen molar-refractivity contribution in [3.63, 3.8) is 0 Å². The molecular formula is C25H26N4O. The average molecular weight is 399 g/mol. The van der Waals surface area contributed by atoms with Crippen LogP contribution in [-0.4, -0.2) is 39.9 Å². The van der Waals surface area contributed by atoms with E-state index in [0.717, 1.165) is 36.0 Å². The summed E-state index contributed by atoms with van der Waals surface area (Å²) in [6.45, 7) is 6.13. The summed E-state index contributed by atoms with van der Waals surface area (Å²) >= 11 is 0. The Kier molecular flexibility index (Phi) is 5.05. The molecule has 3 aliphatic heterocycles. The fraction of sp³-hybridized carbons (Fsp3) is 0.320. The zero-order valence-electron chi connectivity index (χ0n) is 16.9. The molecule has 0 spiro atoms. The normalized spacial score (nSPS) is 26.3. The summed E-state index contributed by atoms with van der Waals surface area (Å²) < 4.78 is 0. The predicted molar refractivity (Wildman–Crippen MR) is 118 cm³/mol. The van der Waals surface area contributed by atoms with Gasteiger partial charge in [0.1, 0.15) is 5.69 Å². The van der Waals surface area contributed by atoms with Crippen LogP contribution in [-0.2, 0) is 0 Å². The maximum atomic E-state index is 13.1. The van der Waals surface area contributed by atoms with Gasteiger partial charge in [0, 0.05) is 30.4 Å². The lowest BCUT2D eigenvalue weighted by Gasteiger charge is -2.51. The quantitative estimate of drug-likeness (QED) is 0.660. The van der Waals surface area contributed by atoms with Crippen molar-refractivity contribution < 1.29 is 4.79 Å². The van der Waals surface area contributed by atoms with E-state index in [0.29, 0.717) is 17.5 Å². The van der Waals surface area contributed by atoms with E-state index in [4.69, 9.17) is 0 Å². The highest BCUT2D eigenvalue weighted by atomic mass is 16.2. The van der Waals surface area contributed by atoms with E-state index in [1.165, 1.54) is 6.42 Å². The molecule has 1 amide bonds. The molecule has 152 valence electrons. The van der Waals surface area contributed by atoms with Crippen LogP contribution < -0.4 is 5.32 Å². The van der Waals surface area contributed by atoms with Crippen LogP contribution in [0.5, 0.6) is 0 Å². The second kappa shape index (κ2) is 8.00. The molecular weight excluding hydrogens is 372 g/mol. The molecule has 3 aliphatic rings. The molecule has 2 aromatic heterocycles. The highest BCUT2D eigenvalue weighted by molar-refractivity contribution is 5.93. The minimum absolute atomic E-state index is 0.124. The van der Waals surface area contributed by atoms with Crippen molar-refractivity contribution in [1.29, 1.82) is 0 Å². The number of amides is 1. The summed E-state index contributed by atoms with van der Waals surface area (Å²) in [4.78, 5) is 24.4. The molecule has 1 N–H and O–H groups in total. The van der Waals surface area contributed by atoms with Crippen molar-refractivity contribution in [3.05, 3.63) is 84.8 Å². The number of benzene rings is 1. The van der Waals surface area contributed by atoms with Gasteiger partial charge in [-0.05, 0) is 61.1 Å². The van der Waals surface area contributed by atoms with Gasteiger partial charge < -0.3 is 5.32 Å². The molecule has 3 aromatic rings. The molecule has 5 nitrogen and oxygen atoms in total. The first-order valence-electron chi connectivity index (χ1n) is 10.7. The topological polar surface area (TPSA) is 58.1 Å². The minimum Gasteiger partial charge on any atom is -0.342 e. The van der Waals surface area contributed by atoms with E-state index in [-0.39, 0.29) is 18.0 Å². The van der Waals surface area contributed by atoms with Crippen LogP contribution in [0.4, 0.5) is 0 Å². The van der Waals surface area contributed by atoms with E-state index in [1.807, 2.05) is 36.5 Å². The first-order valence-corrected chi connectivity index (χ1v) is 10.7. The fourth-order valence-corrected chi connectivity index (χ4v) is 5.21. The van der Waals surface area contributed by atoms with E-state index in [9.17, 15) is 4.79 Å². The molecule has 0 radical (unpaired) electrons. The molecule has 0 aliphatic carbocycles. The van der Waals surface area contributed by atoms with Gasteiger partial charge in [-0.1, -0.05) is 30.3 Å². The zero-order valence-corrected chi connectivity index (χ0v) is 16.9. The highest BCUT2D eigenvalue weighted by Crippen LogP contribution is 2.42. The summed E-state index contributed by atoms with van der Waals surface area (Å²) in [5.74, 6) is 1.03. The van der Waals surface area contributed by atoms with E-state index >= 15 is 0 Å². The summed E-state index contributed by atoms with van der Waals surface area (Å²) in [6, 6.07) is 15.8. The zero-order chi connectivity index (χ0) is 20.5. The minimum atomic E-state index is -0.135. The Balaban J connectivity index is 1.54. The number of hydrogen-bond donors (Lipinski definition) is 1. The maximum absolute atomic E-state index is 13.1. The summed E-state index contributed by atoms with van der Waals surface area (Å²) in [6.07, 6.45) is 7.87. The maximum Gasteiger partial charge on any atom is 0.270 e. The number of hydrogen-bond acceptors (Lipinski definition) is 4. The van der Waals surface area contributed by atoms with E-state index in [1.54, 1.807) is 12.3 Å². The molecule has 3 saturated heterocycles. The second-order valence-electron chi connectivity index (χ2n) is 8.33. The number of carbonyl (C=O) groups is 1. The number of nitrogens with zero attached hydrogens (tertiary/aromatic N) is 3. The number of rotatable bonds is 5. The van der Waals surface area contributed by atoms with E-state index < -0.39 is 0 Å². The molecule has 2 bridgehead atoms. The Morgan fingerprint density at radius 2 is 2.00 bits per heavy atom. The van der Waals surface area contributed by atoms with Crippen molar-refractivity contribution in [1.82, 2.24) is 20.2 Å². The van der Waals surface area contributed by atoms with Crippen LogP contribution >= 0.6 is 0 Å². The Bertz CT molecular complexity index is 1060. The lowest BCUT2D eigenvalue weighted by atomic mass is 9.73. The van der Waals surface area contributed by atoms with Crippen LogP contribution in [0.1, 0.15) is 34.9 Å². The van der Waals surface area contributed by atoms with Crippen LogP contribution in [0, 0.1) is 11.8 Å². The molecule has 5 unspecified atom stereocenters. The van der Waals surface area contributed by atoms with Gasteiger partial charge in [0.2, 0.25) is 0 Å². The third-order valence-corrected chi connectivity index (χ3v) is 6.74. The second-order valence-corrected chi connectivity index (χ2v) is 8.33. The molecule has 5 atom stereocenters. The van der Waals surface area contributed by atoms with Crippen molar-refractivity contribution in [2.24, 2.45) is 11.8 Å². The SMILES string of the molecule is C=CC1CN2CCC1CC2C(NC(=O)c1ccccn1)c1ccnc2ccccc12. The Morgan fingerprint density at radius 3 is 2.77 bits per heavy atom. The third kappa shape index (κ3) is 3.39. The van der Waals surface area contributed by atoms with Crippen molar-refractivity contribution in [2.75, 3.05) is 13.1 Å². The predicted octanol–water partition coefficient (Wildman–Crippen LogP) is 4.00. The van der Waals surface area contributed by atoms with Gasteiger partial charge in [0.15, 0.2) is 0 Å². The largest absolute Gasteiger partial charge is 0.342 e. The van der Waals surface area contributed by atoms with Crippen molar-refractivity contribution in [3.8, 4) is 0 Å². The molecule has 0 saturated carbocycles. The van der Waals surface area contributed by atoms with E-state index in [2.05, 4.69) is 45.0 Å². The van der Waals surface area contributed by atoms with Crippen LogP contribution in [0.2, 0.25) is 0 Å². The lowest BCUT2D eigenvalue weighted by molar-refractivity contribution is 0.00167. The highest BCUT2D eigenvalue weighted by Gasteiger charge is 2.43. The van der Waals surface area contributed by atoms with Crippen LogP contribution in [0.3, 0.4) is 0 Å². The number of aromatic nitrogens is 2. The lowest BCUT2D eigenvalue weighted by Crippen LogP contribution is -2.57. The third-order valence-electron chi connectivity index (χ3n) is 6.74. The van der Waals surface area contributed by atoms with Crippen molar-refractivity contribution in [2.45, 2.75) is 24.9 Å². The van der Waals surface area contributed by atoms with Crippen LogP contribution in [0.15, 0.2) is 73.6 Å². The monoisotopic (exact) mass is 398 g/mol. The first-order chi connectivity index (χ1) is 14.7. The Morgan fingerprint density at radius 1 is 1.13 bits per heavy atom. The van der Waals surface area contributed by atoms with Gasteiger partial charge in [-0.25, -0.2) is 0 Å². The van der Waals surface area contributed by atoms with Gasteiger partial charge >= 0.3 is 0 Å². The molecule has 3 fully saturated rings. The Hall–Kier alpha value is -3.05. The molecule has 6 rings (SSSR count). The summed E-state index contributed by atoms with van der Waals surface area (Å²) in [7, 11) is 0. The fourth-order valence-electron chi connectivity index (χ4n) is 5.21. The van der Waals surface area contributed by atoms with Gasteiger partial charge in [0.05, 0.1) is 11.6 Å². The standard InChI is InChI=1S/C25H26N4O/c1-2-17-16-29-14-11-18(17)15-23(29)24(28-25(30)22-9-5-6-12-26-22)20-10-13-27-21-8-4-3-7-19(20)21/h2-10,12-13,17-18,23-24H,1,11,14-16H2,(H,28,30). The van der Waals surface area contributed by atoms with Crippen LogP contribution in [0.25, 0.3) is 10.9 Å². The number of carbonyl (C=O) groups excluding carboxylic acids is 1. The van der Waals surface area contributed by atoms with Gasteiger partial charge in [-0.3, -0.25) is 19.7 Å².